The number of rotatable bonds is 14. The number of benzene rings is 1. The first kappa shape index (κ1) is 22.7. The van der Waals surface area contributed by atoms with Crippen molar-refractivity contribution in [3.63, 3.8) is 0 Å². The lowest BCUT2D eigenvalue weighted by Crippen LogP contribution is -2.16. The lowest BCUT2D eigenvalue weighted by molar-refractivity contribution is -0.146. The number of terminal acetylenes is 2. The number of hydrogen-bond donors (Lipinski definition) is 0. The average molecular weight is 369 g/mol. The highest BCUT2D eigenvalue weighted by atomic mass is 16.6. The first-order valence-electron chi connectivity index (χ1n) is 10.1. The second kappa shape index (κ2) is 14.7. The third kappa shape index (κ3) is 10.4. The molecule has 146 valence electrons. The van der Waals surface area contributed by atoms with Crippen LogP contribution in [0.2, 0.25) is 0 Å². The molecule has 1 rings (SSSR count). The molecule has 0 spiro atoms. The smallest absolute Gasteiger partial charge is 0.344 e. The Bertz CT molecular complexity index is 634. The summed E-state index contributed by atoms with van der Waals surface area (Å²) in [7, 11) is 0. The van der Waals surface area contributed by atoms with Gasteiger partial charge in [-0.1, -0.05) is 76.6 Å². The zero-order valence-corrected chi connectivity index (χ0v) is 16.6. The van der Waals surface area contributed by atoms with Gasteiger partial charge in [0.25, 0.3) is 0 Å². The van der Waals surface area contributed by atoms with Gasteiger partial charge in [-0.15, -0.1) is 12.8 Å². The molecule has 0 aliphatic heterocycles. The number of carbonyl (C=O) groups excluding carboxylic acids is 1. The molecule has 0 saturated heterocycles. The minimum Gasteiger partial charge on any atom is -0.481 e. The van der Waals surface area contributed by atoms with Crippen LogP contribution in [0.25, 0.3) is 0 Å². The monoisotopic (exact) mass is 368 g/mol. The highest BCUT2D eigenvalue weighted by Crippen LogP contribution is 2.19. The van der Waals surface area contributed by atoms with E-state index in [1.807, 2.05) is 0 Å². The maximum Gasteiger partial charge on any atom is 0.344 e. The molecule has 3 nitrogen and oxygen atoms in total. The number of carbonyl (C=O) groups is 1. The second-order valence-electron chi connectivity index (χ2n) is 6.69. The van der Waals surface area contributed by atoms with E-state index >= 15 is 0 Å². The molecule has 3 heteroatoms. The van der Waals surface area contributed by atoms with Crippen LogP contribution < -0.4 is 4.74 Å². The molecule has 0 heterocycles. The van der Waals surface area contributed by atoms with Crippen molar-refractivity contribution in [2.24, 2.45) is 0 Å². The zero-order chi connectivity index (χ0) is 19.7. The summed E-state index contributed by atoms with van der Waals surface area (Å²) in [6.07, 6.45) is 23.3. The Hall–Kier alpha value is -2.39. The number of unbranched alkanes of at least 4 members (excludes halogenated alkanes) is 9. The van der Waals surface area contributed by atoms with E-state index in [4.69, 9.17) is 22.3 Å². The third-order valence-corrected chi connectivity index (χ3v) is 4.41. The van der Waals surface area contributed by atoms with E-state index in [0.717, 1.165) is 12.8 Å². The zero-order valence-electron chi connectivity index (χ0n) is 16.6. The van der Waals surface area contributed by atoms with Crippen LogP contribution in [0.3, 0.4) is 0 Å². The summed E-state index contributed by atoms with van der Waals surface area (Å²) in [6.45, 7) is 2.51. The molecule has 0 bridgehead atoms. The summed E-state index contributed by atoms with van der Waals surface area (Å²) in [5.74, 6) is 5.08. The SMILES string of the molecule is C#Cc1ccc(C#C)c(OCC(=O)OCCCCCCCCCCCC)c1. The summed E-state index contributed by atoms with van der Waals surface area (Å²) in [5.41, 5.74) is 1.22. The van der Waals surface area contributed by atoms with Crippen LogP contribution in [-0.2, 0) is 9.53 Å². The van der Waals surface area contributed by atoms with Crippen molar-refractivity contribution in [1.82, 2.24) is 0 Å². The number of hydrogen-bond acceptors (Lipinski definition) is 3. The molecule has 27 heavy (non-hydrogen) atoms. The molecule has 0 N–H and O–H groups in total. The molecule has 0 unspecified atom stereocenters. The van der Waals surface area contributed by atoms with Gasteiger partial charge in [0.2, 0.25) is 0 Å². The van der Waals surface area contributed by atoms with E-state index in [9.17, 15) is 4.79 Å². The minimum atomic E-state index is -0.389. The molecule has 0 radical (unpaired) electrons. The summed E-state index contributed by atoms with van der Waals surface area (Å²) in [5, 5.41) is 0. The Kier molecular flexibility index (Phi) is 12.4. The van der Waals surface area contributed by atoms with E-state index in [1.165, 1.54) is 51.4 Å². The standard InChI is InChI=1S/C24H32O3/c1-4-7-8-9-10-11-12-13-14-15-18-26-24(25)20-27-23-19-21(5-2)16-17-22(23)6-3/h2-3,16-17,19H,4,7-15,18,20H2,1H3. The van der Waals surface area contributed by atoms with E-state index in [2.05, 4.69) is 18.8 Å². The average Bonchev–Trinajstić information content (AvgIpc) is 2.70. The fourth-order valence-corrected chi connectivity index (χ4v) is 2.80. The highest BCUT2D eigenvalue weighted by molar-refractivity contribution is 5.71. The molecule has 0 atom stereocenters. The minimum absolute atomic E-state index is 0.166. The van der Waals surface area contributed by atoms with E-state index < -0.39 is 0 Å². The maximum atomic E-state index is 11.8. The van der Waals surface area contributed by atoms with Crippen molar-refractivity contribution in [1.29, 1.82) is 0 Å². The van der Waals surface area contributed by atoms with E-state index in [0.29, 0.717) is 23.5 Å². The van der Waals surface area contributed by atoms with Crippen LogP contribution >= 0.6 is 0 Å². The van der Waals surface area contributed by atoms with Crippen LogP contribution in [0, 0.1) is 24.7 Å². The lowest BCUT2D eigenvalue weighted by Gasteiger charge is -2.09. The van der Waals surface area contributed by atoms with Gasteiger partial charge in [-0.25, -0.2) is 4.79 Å². The maximum absolute atomic E-state index is 11.8. The van der Waals surface area contributed by atoms with Gasteiger partial charge in [-0.3, -0.25) is 0 Å². The molecule has 1 aromatic carbocycles. The second-order valence-corrected chi connectivity index (χ2v) is 6.69. The quantitative estimate of drug-likeness (QED) is 0.247. The molecule has 0 aliphatic rings. The summed E-state index contributed by atoms with van der Waals surface area (Å²) in [6, 6.07) is 5.11. The first-order chi connectivity index (χ1) is 13.2. The van der Waals surface area contributed by atoms with E-state index in [-0.39, 0.29) is 12.6 Å². The molecular formula is C24H32O3. The molecule has 0 aromatic heterocycles. The highest BCUT2D eigenvalue weighted by Gasteiger charge is 2.08. The van der Waals surface area contributed by atoms with Gasteiger partial charge in [0.1, 0.15) is 5.75 Å². The normalized spacial score (nSPS) is 10.0. The third-order valence-electron chi connectivity index (χ3n) is 4.41. The van der Waals surface area contributed by atoms with Gasteiger partial charge in [0, 0.05) is 5.56 Å². The van der Waals surface area contributed by atoms with Gasteiger partial charge in [-0.2, -0.15) is 0 Å². The van der Waals surface area contributed by atoms with Crippen LogP contribution in [-0.4, -0.2) is 19.2 Å². The molecular weight excluding hydrogens is 336 g/mol. The van der Waals surface area contributed by atoms with Gasteiger partial charge >= 0.3 is 5.97 Å². The first-order valence-corrected chi connectivity index (χ1v) is 10.1. The Balaban J connectivity index is 2.08. The van der Waals surface area contributed by atoms with Gasteiger partial charge in [0.15, 0.2) is 6.61 Å². The largest absolute Gasteiger partial charge is 0.481 e. The van der Waals surface area contributed by atoms with Gasteiger partial charge < -0.3 is 9.47 Å². The Morgan fingerprint density at radius 2 is 1.56 bits per heavy atom. The van der Waals surface area contributed by atoms with Crippen molar-refractivity contribution in [3.05, 3.63) is 29.3 Å². The van der Waals surface area contributed by atoms with Crippen molar-refractivity contribution >= 4 is 5.97 Å². The predicted molar refractivity (Wildman–Crippen MR) is 111 cm³/mol. The predicted octanol–water partition coefficient (Wildman–Crippen LogP) is 5.49. The van der Waals surface area contributed by atoms with Gasteiger partial charge in [0.05, 0.1) is 12.2 Å². The van der Waals surface area contributed by atoms with Crippen molar-refractivity contribution in [3.8, 4) is 30.4 Å². The van der Waals surface area contributed by atoms with Crippen LogP contribution in [0.5, 0.6) is 5.75 Å². The van der Waals surface area contributed by atoms with Crippen LogP contribution in [0.15, 0.2) is 18.2 Å². The molecule has 0 amide bonds. The van der Waals surface area contributed by atoms with Crippen LogP contribution in [0.4, 0.5) is 0 Å². The lowest BCUT2D eigenvalue weighted by atomic mass is 10.1. The van der Waals surface area contributed by atoms with Crippen molar-refractivity contribution in [2.45, 2.75) is 71.1 Å². The fraction of sp³-hybridized carbons (Fsp3) is 0.542. The topological polar surface area (TPSA) is 35.5 Å². The van der Waals surface area contributed by atoms with Gasteiger partial charge in [-0.05, 0) is 24.6 Å². The summed E-state index contributed by atoms with van der Waals surface area (Å²) >= 11 is 0. The Morgan fingerprint density at radius 1 is 0.926 bits per heavy atom. The molecule has 1 aromatic rings. The molecule has 0 aliphatic carbocycles. The number of ether oxygens (including phenoxy) is 2. The summed E-state index contributed by atoms with van der Waals surface area (Å²) < 4.78 is 10.7. The van der Waals surface area contributed by atoms with Crippen molar-refractivity contribution in [2.75, 3.05) is 13.2 Å². The molecule has 0 fully saturated rings. The Labute approximate surface area is 164 Å². The molecule has 0 saturated carbocycles. The fourth-order valence-electron chi connectivity index (χ4n) is 2.80. The van der Waals surface area contributed by atoms with E-state index in [1.54, 1.807) is 18.2 Å². The van der Waals surface area contributed by atoms with Crippen LogP contribution in [0.1, 0.15) is 82.3 Å². The van der Waals surface area contributed by atoms with Crippen molar-refractivity contribution < 1.29 is 14.3 Å². The summed E-state index contributed by atoms with van der Waals surface area (Å²) in [4.78, 5) is 11.8. The number of esters is 1. The Morgan fingerprint density at radius 3 is 2.15 bits per heavy atom.